The molecule has 2 heterocycles. The molecule has 0 spiro atoms. The minimum absolute atomic E-state index is 0.0813. The van der Waals surface area contributed by atoms with Crippen molar-refractivity contribution in [3.63, 3.8) is 0 Å². The number of amides is 3. The highest BCUT2D eigenvalue weighted by atomic mass is 19.1. The predicted octanol–water partition coefficient (Wildman–Crippen LogP) is 3.49. The van der Waals surface area contributed by atoms with Gasteiger partial charge in [-0.05, 0) is 38.3 Å². The molecule has 2 aromatic rings. The monoisotopic (exact) mass is 473 g/mol. The minimum Gasteiger partial charge on any atom is -0.351 e. The van der Waals surface area contributed by atoms with E-state index in [1.807, 2.05) is 6.92 Å². The average Bonchev–Trinajstić information content (AvgIpc) is 3.46. The fourth-order valence-corrected chi connectivity index (χ4v) is 4.61. The first kappa shape index (κ1) is 23.8. The van der Waals surface area contributed by atoms with Crippen LogP contribution in [0.2, 0.25) is 0 Å². The molecule has 1 aliphatic heterocycles. The van der Waals surface area contributed by atoms with Crippen LogP contribution >= 0.6 is 0 Å². The van der Waals surface area contributed by atoms with E-state index in [9.17, 15) is 23.2 Å². The molecule has 1 aliphatic carbocycles. The molecule has 0 saturated heterocycles. The smallest absolute Gasteiger partial charge is 0.276 e. The number of carbonyl (C=O) groups excluding carboxylic acids is 3. The van der Waals surface area contributed by atoms with Gasteiger partial charge in [0.05, 0.1) is 12.2 Å². The average molecular weight is 474 g/mol. The summed E-state index contributed by atoms with van der Waals surface area (Å²) in [5.74, 6) is -2.91. The third-order valence-electron chi connectivity index (χ3n) is 6.62. The summed E-state index contributed by atoms with van der Waals surface area (Å²) in [6.45, 7) is 4.20. The zero-order valence-electron chi connectivity index (χ0n) is 19.4. The molecule has 3 amide bonds. The van der Waals surface area contributed by atoms with Crippen LogP contribution in [-0.4, -0.2) is 50.5 Å². The zero-order valence-corrected chi connectivity index (χ0v) is 19.4. The van der Waals surface area contributed by atoms with Crippen LogP contribution in [0.1, 0.15) is 73.3 Å². The highest BCUT2D eigenvalue weighted by molar-refractivity contribution is 6.06. The lowest BCUT2D eigenvalue weighted by Gasteiger charge is -2.43. The molecule has 8 nitrogen and oxygen atoms in total. The zero-order chi connectivity index (χ0) is 24.5. The topological polar surface area (TPSA) is 96.3 Å². The third kappa shape index (κ3) is 4.53. The molecule has 1 aromatic carbocycles. The molecule has 4 rings (SSSR count). The van der Waals surface area contributed by atoms with Gasteiger partial charge >= 0.3 is 0 Å². The van der Waals surface area contributed by atoms with Crippen molar-refractivity contribution in [1.29, 1.82) is 0 Å². The number of nitrogens with zero attached hydrogens (tertiary/aromatic N) is 3. The second kappa shape index (κ2) is 9.52. The lowest BCUT2D eigenvalue weighted by atomic mass is 9.94. The van der Waals surface area contributed by atoms with Gasteiger partial charge in [-0.2, -0.15) is 5.10 Å². The fourth-order valence-electron chi connectivity index (χ4n) is 4.61. The van der Waals surface area contributed by atoms with Crippen molar-refractivity contribution >= 4 is 23.4 Å². The van der Waals surface area contributed by atoms with E-state index < -0.39 is 29.0 Å². The first-order valence-corrected chi connectivity index (χ1v) is 11.7. The third-order valence-corrected chi connectivity index (χ3v) is 6.62. The molecule has 182 valence electrons. The molecule has 1 atom stereocenters. The second-order valence-electron chi connectivity index (χ2n) is 9.19. The number of nitrogens with one attached hydrogen (secondary N) is 2. The highest BCUT2D eigenvalue weighted by Gasteiger charge is 2.48. The van der Waals surface area contributed by atoms with E-state index in [0.29, 0.717) is 6.54 Å². The van der Waals surface area contributed by atoms with Gasteiger partial charge in [-0.3, -0.25) is 19.1 Å². The maximum atomic E-state index is 13.9. The summed E-state index contributed by atoms with van der Waals surface area (Å²) in [4.78, 5) is 41.0. The number of halogens is 2. The summed E-state index contributed by atoms with van der Waals surface area (Å²) < 4.78 is 28.8. The Morgan fingerprint density at radius 2 is 1.94 bits per heavy atom. The van der Waals surface area contributed by atoms with E-state index in [1.165, 1.54) is 10.7 Å². The van der Waals surface area contributed by atoms with Crippen molar-refractivity contribution in [3.05, 3.63) is 47.3 Å². The standard InChI is InChI=1S/C24H29F2N5O3/c1-3-4-11-30-22(33)20-13-19(21(32)28-18-12-15(25)9-10-17(18)26)29-31(20)14-24(30,2)23(34)27-16-7-5-6-8-16/h9-10,12-13,16H,3-8,11,14H2,1-2H3,(H,27,34)(H,28,32). The summed E-state index contributed by atoms with van der Waals surface area (Å²) in [6, 6.07) is 4.13. The van der Waals surface area contributed by atoms with Crippen LogP contribution in [0.3, 0.4) is 0 Å². The van der Waals surface area contributed by atoms with Gasteiger partial charge in [0, 0.05) is 24.7 Å². The lowest BCUT2D eigenvalue weighted by Crippen LogP contribution is -2.65. The van der Waals surface area contributed by atoms with Crippen LogP contribution in [0.25, 0.3) is 0 Å². The first-order valence-electron chi connectivity index (χ1n) is 11.7. The Balaban J connectivity index is 1.61. The van der Waals surface area contributed by atoms with E-state index in [0.717, 1.165) is 56.7 Å². The van der Waals surface area contributed by atoms with Crippen molar-refractivity contribution in [2.75, 3.05) is 11.9 Å². The molecular weight excluding hydrogens is 444 g/mol. The Morgan fingerprint density at radius 3 is 2.65 bits per heavy atom. The molecule has 0 bridgehead atoms. The number of benzene rings is 1. The van der Waals surface area contributed by atoms with Crippen LogP contribution in [0.15, 0.2) is 24.3 Å². The summed E-state index contributed by atoms with van der Waals surface area (Å²) in [5.41, 5.74) is -1.45. The number of carbonyl (C=O) groups is 3. The number of anilines is 1. The molecule has 34 heavy (non-hydrogen) atoms. The molecule has 0 radical (unpaired) electrons. The first-order chi connectivity index (χ1) is 16.2. The number of aromatic nitrogens is 2. The molecule has 2 aliphatic rings. The Bertz CT molecular complexity index is 1110. The molecule has 2 N–H and O–H groups in total. The molecule has 10 heteroatoms. The molecule has 1 unspecified atom stereocenters. The Labute approximate surface area is 196 Å². The summed E-state index contributed by atoms with van der Waals surface area (Å²) >= 11 is 0. The Morgan fingerprint density at radius 1 is 1.21 bits per heavy atom. The number of unbranched alkanes of at least 4 members (excludes halogenated alkanes) is 1. The van der Waals surface area contributed by atoms with Crippen LogP contribution in [0, 0.1) is 11.6 Å². The summed E-state index contributed by atoms with van der Waals surface area (Å²) in [5, 5.41) is 9.62. The van der Waals surface area contributed by atoms with Gasteiger partial charge in [-0.15, -0.1) is 0 Å². The molecule has 1 aromatic heterocycles. The minimum atomic E-state index is -1.17. The highest BCUT2D eigenvalue weighted by Crippen LogP contribution is 2.29. The van der Waals surface area contributed by atoms with Gasteiger partial charge < -0.3 is 15.5 Å². The van der Waals surface area contributed by atoms with Crippen LogP contribution in [0.5, 0.6) is 0 Å². The molecular formula is C24H29F2N5O3. The number of fused-ring (bicyclic) bond motifs is 1. The summed E-state index contributed by atoms with van der Waals surface area (Å²) in [6.07, 6.45) is 5.52. The van der Waals surface area contributed by atoms with Crippen LogP contribution < -0.4 is 10.6 Å². The van der Waals surface area contributed by atoms with Gasteiger partial charge in [0.2, 0.25) is 5.91 Å². The predicted molar refractivity (Wildman–Crippen MR) is 121 cm³/mol. The van der Waals surface area contributed by atoms with E-state index in [4.69, 9.17) is 0 Å². The van der Waals surface area contributed by atoms with Gasteiger partial charge in [0.15, 0.2) is 5.69 Å². The van der Waals surface area contributed by atoms with Gasteiger partial charge in [-0.1, -0.05) is 26.2 Å². The van der Waals surface area contributed by atoms with Crippen molar-refractivity contribution < 1.29 is 23.2 Å². The van der Waals surface area contributed by atoms with Crippen LogP contribution in [-0.2, 0) is 11.3 Å². The SMILES string of the molecule is CCCCN1C(=O)c2cc(C(=O)Nc3cc(F)ccc3F)nn2CC1(C)C(=O)NC1CCCC1. The van der Waals surface area contributed by atoms with E-state index in [2.05, 4.69) is 15.7 Å². The van der Waals surface area contributed by atoms with Crippen molar-refractivity contribution in [2.45, 2.75) is 70.5 Å². The summed E-state index contributed by atoms with van der Waals surface area (Å²) in [7, 11) is 0. The van der Waals surface area contributed by atoms with E-state index in [-0.39, 0.29) is 35.6 Å². The normalized spacial score (nSPS) is 20.4. The van der Waals surface area contributed by atoms with Gasteiger partial charge in [0.1, 0.15) is 22.9 Å². The molecule has 1 saturated carbocycles. The van der Waals surface area contributed by atoms with Crippen molar-refractivity contribution in [1.82, 2.24) is 20.0 Å². The quantitative estimate of drug-likeness (QED) is 0.644. The molecule has 1 fully saturated rings. The maximum absolute atomic E-state index is 13.9. The maximum Gasteiger partial charge on any atom is 0.276 e. The van der Waals surface area contributed by atoms with E-state index >= 15 is 0 Å². The Kier molecular flexibility index (Phi) is 6.67. The number of hydrogen-bond donors (Lipinski definition) is 2. The largest absolute Gasteiger partial charge is 0.351 e. The second-order valence-corrected chi connectivity index (χ2v) is 9.19. The van der Waals surface area contributed by atoms with Crippen molar-refractivity contribution in [2.24, 2.45) is 0 Å². The van der Waals surface area contributed by atoms with Gasteiger partial charge in [-0.25, -0.2) is 8.78 Å². The Hall–Kier alpha value is -3.30. The van der Waals surface area contributed by atoms with Crippen molar-refractivity contribution in [3.8, 4) is 0 Å². The lowest BCUT2D eigenvalue weighted by molar-refractivity contribution is -0.133. The van der Waals surface area contributed by atoms with Crippen LogP contribution in [0.4, 0.5) is 14.5 Å². The van der Waals surface area contributed by atoms with E-state index in [1.54, 1.807) is 11.8 Å². The number of rotatable bonds is 7. The van der Waals surface area contributed by atoms with Gasteiger partial charge in [0.25, 0.3) is 11.8 Å². The number of hydrogen-bond acceptors (Lipinski definition) is 4. The fraction of sp³-hybridized carbons (Fsp3) is 0.500.